The van der Waals surface area contributed by atoms with Gasteiger partial charge in [0, 0.05) is 6.42 Å². The molecule has 0 aromatic heterocycles. The molecular formula is C17H18O3. The third-order valence-corrected chi connectivity index (χ3v) is 3.42. The Kier molecular flexibility index (Phi) is 4.41. The summed E-state index contributed by atoms with van der Waals surface area (Å²) in [4.78, 5) is 11.4. The number of hydrogen-bond acceptors (Lipinski definition) is 2. The van der Waals surface area contributed by atoms with Crippen LogP contribution in [0.3, 0.4) is 0 Å². The summed E-state index contributed by atoms with van der Waals surface area (Å²) in [6.45, 7) is 4.03. The molecule has 0 unspecified atom stereocenters. The van der Waals surface area contributed by atoms with Gasteiger partial charge in [0.15, 0.2) is 6.10 Å². The predicted octanol–water partition coefficient (Wildman–Crippen LogP) is 3.38. The minimum Gasteiger partial charge on any atom is -0.478 e. The largest absolute Gasteiger partial charge is 0.478 e. The average Bonchev–Trinajstić information content (AvgIpc) is 2.44. The minimum atomic E-state index is -0.949. The average molecular weight is 270 g/mol. The summed E-state index contributed by atoms with van der Waals surface area (Å²) >= 11 is 0. The van der Waals surface area contributed by atoms with Gasteiger partial charge in [-0.2, -0.15) is 0 Å². The molecule has 0 heterocycles. The van der Waals surface area contributed by atoms with Crippen LogP contribution in [0, 0.1) is 13.8 Å². The van der Waals surface area contributed by atoms with Gasteiger partial charge in [-0.05, 0) is 42.7 Å². The molecule has 1 atom stereocenters. The summed E-state index contributed by atoms with van der Waals surface area (Å²) in [6.07, 6.45) is -0.518. The topological polar surface area (TPSA) is 46.5 Å². The first kappa shape index (κ1) is 14.1. The molecule has 0 aliphatic rings. The van der Waals surface area contributed by atoms with E-state index < -0.39 is 12.1 Å². The van der Waals surface area contributed by atoms with Gasteiger partial charge in [0.05, 0.1) is 0 Å². The van der Waals surface area contributed by atoms with E-state index in [0.29, 0.717) is 12.2 Å². The number of benzene rings is 2. The van der Waals surface area contributed by atoms with Crippen molar-refractivity contribution in [2.24, 2.45) is 0 Å². The third kappa shape index (κ3) is 3.38. The van der Waals surface area contributed by atoms with E-state index in [1.54, 1.807) is 12.1 Å². The second-order valence-electron chi connectivity index (χ2n) is 4.82. The standard InChI is InChI=1S/C17H18O3/c1-12-7-6-8-14(13(12)2)11-16(17(18)19)20-15-9-4-3-5-10-15/h3-10,16H,11H2,1-2H3,(H,18,19)/t16-/m1/s1. The van der Waals surface area contributed by atoms with E-state index in [0.717, 1.165) is 16.7 Å². The Hall–Kier alpha value is -2.29. The van der Waals surface area contributed by atoms with E-state index in [-0.39, 0.29) is 0 Å². The second kappa shape index (κ2) is 6.24. The first-order valence-corrected chi connectivity index (χ1v) is 6.57. The molecule has 0 radical (unpaired) electrons. The van der Waals surface area contributed by atoms with Crippen molar-refractivity contribution in [3.63, 3.8) is 0 Å². The van der Waals surface area contributed by atoms with Crippen molar-refractivity contribution in [3.05, 3.63) is 65.2 Å². The van der Waals surface area contributed by atoms with Crippen LogP contribution < -0.4 is 4.74 Å². The van der Waals surface area contributed by atoms with Gasteiger partial charge < -0.3 is 9.84 Å². The zero-order valence-electron chi connectivity index (χ0n) is 11.7. The number of ether oxygens (including phenoxy) is 1. The maximum Gasteiger partial charge on any atom is 0.345 e. The molecule has 0 spiro atoms. The molecule has 1 N–H and O–H groups in total. The van der Waals surface area contributed by atoms with Crippen LogP contribution in [0.15, 0.2) is 48.5 Å². The Morgan fingerprint density at radius 1 is 1.10 bits per heavy atom. The lowest BCUT2D eigenvalue weighted by Crippen LogP contribution is -2.29. The SMILES string of the molecule is Cc1cccc(C[C@@H](Oc2ccccc2)C(=O)O)c1C. The number of rotatable bonds is 5. The Morgan fingerprint density at radius 3 is 2.45 bits per heavy atom. The Labute approximate surface area is 118 Å². The lowest BCUT2D eigenvalue weighted by atomic mass is 9.98. The second-order valence-corrected chi connectivity index (χ2v) is 4.82. The lowest BCUT2D eigenvalue weighted by Gasteiger charge is -2.17. The van der Waals surface area contributed by atoms with Crippen molar-refractivity contribution in [1.82, 2.24) is 0 Å². The molecule has 20 heavy (non-hydrogen) atoms. The first-order valence-electron chi connectivity index (χ1n) is 6.57. The van der Waals surface area contributed by atoms with Crippen molar-refractivity contribution in [1.29, 1.82) is 0 Å². The molecule has 2 aromatic carbocycles. The molecule has 0 saturated heterocycles. The van der Waals surface area contributed by atoms with Gasteiger partial charge in [0.2, 0.25) is 0 Å². The normalized spacial score (nSPS) is 11.9. The number of aliphatic carboxylic acids is 1. The van der Waals surface area contributed by atoms with Gasteiger partial charge in [-0.15, -0.1) is 0 Å². The summed E-state index contributed by atoms with van der Waals surface area (Å²) in [7, 11) is 0. The van der Waals surface area contributed by atoms with Crippen molar-refractivity contribution in [3.8, 4) is 5.75 Å². The summed E-state index contributed by atoms with van der Waals surface area (Å²) in [5, 5.41) is 9.33. The van der Waals surface area contributed by atoms with Gasteiger partial charge >= 0.3 is 5.97 Å². The van der Waals surface area contributed by atoms with Gasteiger partial charge in [-0.25, -0.2) is 4.79 Å². The third-order valence-electron chi connectivity index (χ3n) is 3.42. The number of para-hydroxylation sites is 1. The van der Waals surface area contributed by atoms with Crippen molar-refractivity contribution in [2.45, 2.75) is 26.4 Å². The summed E-state index contributed by atoms with van der Waals surface area (Å²) in [5.74, 6) is -0.375. The molecule has 0 bridgehead atoms. The lowest BCUT2D eigenvalue weighted by molar-refractivity contribution is -0.145. The number of carboxylic acids is 1. The van der Waals surface area contributed by atoms with Gasteiger partial charge in [0.1, 0.15) is 5.75 Å². The van der Waals surface area contributed by atoms with Crippen LogP contribution in [0.2, 0.25) is 0 Å². The molecule has 0 aliphatic carbocycles. The zero-order valence-corrected chi connectivity index (χ0v) is 11.7. The number of carbonyl (C=O) groups is 1. The van der Waals surface area contributed by atoms with E-state index in [9.17, 15) is 9.90 Å². The van der Waals surface area contributed by atoms with E-state index in [2.05, 4.69) is 0 Å². The summed E-state index contributed by atoms with van der Waals surface area (Å²) < 4.78 is 5.58. The van der Waals surface area contributed by atoms with Crippen molar-refractivity contribution >= 4 is 5.97 Å². The van der Waals surface area contributed by atoms with Crippen molar-refractivity contribution in [2.75, 3.05) is 0 Å². The fourth-order valence-corrected chi connectivity index (χ4v) is 2.08. The highest BCUT2D eigenvalue weighted by Crippen LogP contribution is 2.18. The highest BCUT2D eigenvalue weighted by atomic mass is 16.5. The van der Waals surface area contributed by atoms with Gasteiger partial charge in [0.25, 0.3) is 0 Å². The van der Waals surface area contributed by atoms with Crippen LogP contribution in [-0.4, -0.2) is 17.2 Å². The van der Waals surface area contributed by atoms with Crippen molar-refractivity contribution < 1.29 is 14.6 Å². The quantitative estimate of drug-likeness (QED) is 0.906. The molecular weight excluding hydrogens is 252 g/mol. The Balaban J connectivity index is 2.18. The molecule has 3 heteroatoms. The molecule has 0 saturated carbocycles. The highest BCUT2D eigenvalue weighted by molar-refractivity contribution is 5.73. The monoisotopic (exact) mass is 270 g/mol. The van der Waals surface area contributed by atoms with Crippen LogP contribution in [0.5, 0.6) is 5.75 Å². The van der Waals surface area contributed by atoms with E-state index in [1.807, 2.05) is 50.2 Å². The van der Waals surface area contributed by atoms with Gasteiger partial charge in [-0.1, -0.05) is 36.4 Å². The highest BCUT2D eigenvalue weighted by Gasteiger charge is 2.21. The summed E-state index contributed by atoms with van der Waals surface area (Å²) in [5.41, 5.74) is 3.29. The Morgan fingerprint density at radius 2 is 1.80 bits per heavy atom. The number of aryl methyl sites for hydroxylation is 1. The number of carboxylic acid groups (broad SMARTS) is 1. The van der Waals surface area contributed by atoms with Crippen LogP contribution in [0.1, 0.15) is 16.7 Å². The molecule has 0 aliphatic heterocycles. The van der Waals surface area contributed by atoms with Crippen LogP contribution >= 0.6 is 0 Å². The van der Waals surface area contributed by atoms with Crippen LogP contribution in [0.4, 0.5) is 0 Å². The zero-order chi connectivity index (χ0) is 14.5. The molecule has 2 rings (SSSR count). The van der Waals surface area contributed by atoms with Crippen LogP contribution in [0.25, 0.3) is 0 Å². The molecule has 2 aromatic rings. The smallest absolute Gasteiger partial charge is 0.345 e. The van der Waals surface area contributed by atoms with E-state index >= 15 is 0 Å². The first-order chi connectivity index (χ1) is 9.58. The van der Waals surface area contributed by atoms with Crippen LogP contribution in [-0.2, 0) is 11.2 Å². The fraction of sp³-hybridized carbons (Fsp3) is 0.235. The van der Waals surface area contributed by atoms with E-state index in [4.69, 9.17) is 4.74 Å². The molecule has 104 valence electrons. The van der Waals surface area contributed by atoms with Gasteiger partial charge in [-0.3, -0.25) is 0 Å². The molecule has 0 fully saturated rings. The predicted molar refractivity (Wildman–Crippen MR) is 78.1 cm³/mol. The maximum atomic E-state index is 11.4. The molecule has 3 nitrogen and oxygen atoms in total. The maximum absolute atomic E-state index is 11.4. The summed E-state index contributed by atoms with van der Waals surface area (Å²) in [6, 6.07) is 15.0. The minimum absolute atomic E-state index is 0.359. The molecule has 0 amide bonds. The van der Waals surface area contributed by atoms with E-state index in [1.165, 1.54) is 0 Å². The Bertz CT molecular complexity index is 590. The number of hydrogen-bond donors (Lipinski definition) is 1. The fourth-order valence-electron chi connectivity index (χ4n) is 2.08.